The van der Waals surface area contributed by atoms with E-state index < -0.39 is 19.4 Å². The SMILES string of the molecule is [2H]C([2H])([2H])NC(=O)c1nnc(NC(=O)C2CC2)cc1Nc1cccc2c1N(C)C([2H])([2H])c1nn(C)nc1-2. The molecular formula is C21H23N9O2. The Morgan fingerprint density at radius 3 is 2.81 bits per heavy atom. The zero-order chi connectivity index (χ0) is 26.7. The van der Waals surface area contributed by atoms with E-state index in [1.807, 2.05) is 5.32 Å². The molecule has 5 rings (SSSR count). The minimum atomic E-state index is -2.76. The summed E-state index contributed by atoms with van der Waals surface area (Å²) in [6.45, 7) is -4.77. The lowest BCUT2D eigenvalue weighted by molar-refractivity contribution is -0.117. The van der Waals surface area contributed by atoms with Crippen LogP contribution in [0, 0.1) is 5.92 Å². The topological polar surface area (TPSA) is 130 Å². The van der Waals surface area contributed by atoms with Crippen LogP contribution in [0.3, 0.4) is 0 Å². The number of anilines is 4. The lowest BCUT2D eigenvalue weighted by Gasteiger charge is -2.28. The molecule has 0 bridgehead atoms. The Kier molecular flexibility index (Phi) is 3.53. The first-order valence-electron chi connectivity index (χ1n) is 12.4. The fourth-order valence-corrected chi connectivity index (χ4v) is 3.57. The van der Waals surface area contributed by atoms with Crippen molar-refractivity contribution in [3.05, 3.63) is 35.7 Å². The molecule has 0 radical (unpaired) electrons. The number of hydrogen-bond acceptors (Lipinski definition) is 8. The van der Waals surface area contributed by atoms with Crippen molar-refractivity contribution in [2.75, 3.05) is 29.6 Å². The fraction of sp³-hybridized carbons (Fsp3) is 0.333. The smallest absolute Gasteiger partial charge is 0.273 e. The summed E-state index contributed by atoms with van der Waals surface area (Å²) < 4.78 is 39.4. The Morgan fingerprint density at radius 2 is 2.03 bits per heavy atom. The van der Waals surface area contributed by atoms with Crippen molar-refractivity contribution >= 4 is 34.7 Å². The fourth-order valence-electron chi connectivity index (χ4n) is 3.57. The third-order valence-electron chi connectivity index (χ3n) is 5.21. The largest absolute Gasteiger partial charge is 0.366 e. The van der Waals surface area contributed by atoms with E-state index in [0.717, 1.165) is 12.8 Å². The maximum absolute atomic E-state index is 12.8. The molecule has 3 N–H and O–H groups in total. The van der Waals surface area contributed by atoms with Gasteiger partial charge in [-0.25, -0.2) is 0 Å². The lowest BCUT2D eigenvalue weighted by Crippen LogP contribution is -2.24. The maximum atomic E-state index is 12.8. The number of nitrogens with zero attached hydrogens (tertiary/aromatic N) is 6. The Morgan fingerprint density at radius 1 is 1.19 bits per heavy atom. The van der Waals surface area contributed by atoms with Crippen molar-refractivity contribution < 1.29 is 16.4 Å². The van der Waals surface area contributed by atoms with E-state index in [0.29, 0.717) is 22.6 Å². The van der Waals surface area contributed by atoms with E-state index in [-0.39, 0.29) is 34.7 Å². The van der Waals surface area contributed by atoms with Gasteiger partial charge in [0.15, 0.2) is 11.5 Å². The average Bonchev–Trinajstić information content (AvgIpc) is 3.58. The molecule has 1 saturated carbocycles. The minimum Gasteiger partial charge on any atom is -0.366 e. The van der Waals surface area contributed by atoms with Crippen LogP contribution in [-0.4, -0.2) is 51.0 Å². The number of nitrogens with one attached hydrogen (secondary N) is 3. The first kappa shape index (κ1) is 14.9. The highest BCUT2D eigenvalue weighted by Crippen LogP contribution is 2.42. The summed E-state index contributed by atoms with van der Waals surface area (Å²) in [5.41, 5.74) is 1.70. The van der Waals surface area contributed by atoms with Gasteiger partial charge in [0.1, 0.15) is 11.4 Å². The molecule has 1 aromatic carbocycles. The van der Waals surface area contributed by atoms with Crippen LogP contribution < -0.4 is 20.9 Å². The highest BCUT2D eigenvalue weighted by atomic mass is 16.2. The summed E-state index contributed by atoms with van der Waals surface area (Å²) in [5, 5.41) is 23.9. The van der Waals surface area contributed by atoms with Gasteiger partial charge in [0.05, 0.1) is 26.3 Å². The molecule has 0 atom stereocenters. The second-order valence-electron chi connectivity index (χ2n) is 7.59. The van der Waals surface area contributed by atoms with Gasteiger partial charge in [0.25, 0.3) is 5.91 Å². The van der Waals surface area contributed by atoms with E-state index in [2.05, 4.69) is 31.0 Å². The van der Waals surface area contributed by atoms with Crippen molar-refractivity contribution in [1.82, 2.24) is 30.5 Å². The Labute approximate surface area is 191 Å². The maximum Gasteiger partial charge on any atom is 0.273 e. The predicted molar refractivity (Wildman–Crippen MR) is 119 cm³/mol. The van der Waals surface area contributed by atoms with Crippen LogP contribution in [0.5, 0.6) is 0 Å². The molecule has 1 aliphatic carbocycles. The molecule has 0 unspecified atom stereocenters. The number of rotatable bonds is 5. The molecule has 3 aromatic rings. The molecule has 2 aromatic heterocycles. The predicted octanol–water partition coefficient (Wildman–Crippen LogP) is 1.67. The van der Waals surface area contributed by atoms with Crippen LogP contribution in [-0.2, 0) is 18.3 Å². The van der Waals surface area contributed by atoms with Gasteiger partial charge in [-0.2, -0.15) is 15.0 Å². The van der Waals surface area contributed by atoms with Crippen molar-refractivity contribution in [3.8, 4) is 11.3 Å². The lowest BCUT2D eigenvalue weighted by atomic mass is 10.0. The van der Waals surface area contributed by atoms with Gasteiger partial charge in [0.2, 0.25) is 5.91 Å². The van der Waals surface area contributed by atoms with Crippen LogP contribution in [0.25, 0.3) is 11.3 Å². The summed E-state index contributed by atoms with van der Waals surface area (Å²) in [6, 6.07) is 6.54. The Bertz CT molecular complexity index is 1420. The number of aromatic nitrogens is 5. The van der Waals surface area contributed by atoms with E-state index in [9.17, 15) is 9.59 Å². The minimum absolute atomic E-state index is 0.0650. The number of benzene rings is 1. The van der Waals surface area contributed by atoms with E-state index >= 15 is 0 Å². The normalized spacial score (nSPS) is 18.7. The summed E-state index contributed by atoms with van der Waals surface area (Å²) in [4.78, 5) is 27.7. The highest BCUT2D eigenvalue weighted by molar-refractivity contribution is 6.01. The third-order valence-corrected chi connectivity index (χ3v) is 5.21. The number of para-hydroxylation sites is 1. The summed E-state index contributed by atoms with van der Waals surface area (Å²) >= 11 is 0. The van der Waals surface area contributed by atoms with Crippen LogP contribution in [0.1, 0.15) is 35.9 Å². The number of aryl methyl sites for hydroxylation is 1. The molecule has 0 saturated heterocycles. The van der Waals surface area contributed by atoms with Crippen LogP contribution in [0.4, 0.5) is 22.9 Å². The number of carbonyl (C=O) groups excluding carboxylic acids is 2. The van der Waals surface area contributed by atoms with Crippen molar-refractivity contribution in [1.29, 1.82) is 0 Å². The standard InChI is InChI=1S/C21H23N9O2/c1-22-21(32)18-14(9-16(25-26-18)24-20(31)11-7-8-11)23-13-6-4-5-12-17-15(27-30(3)28-17)10-29(2)19(12)13/h4-6,9,11H,7-8,10H2,1-3H3,(H,22,32)(H2,23,24,25,31)/i1D3,10D2. The molecule has 11 heteroatoms. The molecule has 1 aliphatic heterocycles. The summed E-state index contributed by atoms with van der Waals surface area (Å²) in [5.74, 6) is -1.25. The van der Waals surface area contributed by atoms with Crippen molar-refractivity contribution in [2.24, 2.45) is 13.0 Å². The van der Waals surface area contributed by atoms with Crippen LogP contribution in [0.2, 0.25) is 0 Å². The van der Waals surface area contributed by atoms with Gasteiger partial charge < -0.3 is 20.9 Å². The number of amides is 2. The zero-order valence-corrected chi connectivity index (χ0v) is 17.3. The molecule has 3 heterocycles. The van der Waals surface area contributed by atoms with Gasteiger partial charge in [-0.1, -0.05) is 12.1 Å². The van der Waals surface area contributed by atoms with E-state index in [1.54, 1.807) is 32.3 Å². The quantitative estimate of drug-likeness (QED) is 0.549. The van der Waals surface area contributed by atoms with Gasteiger partial charge in [-0.3, -0.25) is 9.59 Å². The molecular weight excluding hydrogens is 410 g/mol. The highest BCUT2D eigenvalue weighted by Gasteiger charge is 2.30. The second kappa shape index (κ2) is 7.59. The number of fused-ring (bicyclic) bond motifs is 3. The molecule has 2 aliphatic rings. The van der Waals surface area contributed by atoms with E-state index in [1.165, 1.54) is 15.8 Å². The number of carbonyl (C=O) groups is 2. The first-order chi connectivity index (χ1) is 17.3. The Balaban J connectivity index is 1.59. The van der Waals surface area contributed by atoms with Gasteiger partial charge in [-0.05, 0) is 18.9 Å². The van der Waals surface area contributed by atoms with Crippen LogP contribution in [0.15, 0.2) is 24.3 Å². The van der Waals surface area contributed by atoms with Crippen molar-refractivity contribution in [3.63, 3.8) is 0 Å². The summed E-state index contributed by atoms with van der Waals surface area (Å²) in [7, 11) is 3.17. The third kappa shape index (κ3) is 3.51. The van der Waals surface area contributed by atoms with Gasteiger partial charge in [0, 0.05) is 42.7 Å². The van der Waals surface area contributed by atoms with Gasteiger partial charge >= 0.3 is 0 Å². The van der Waals surface area contributed by atoms with Crippen molar-refractivity contribution in [2.45, 2.75) is 19.3 Å². The molecule has 32 heavy (non-hydrogen) atoms. The van der Waals surface area contributed by atoms with E-state index in [4.69, 9.17) is 6.85 Å². The first-order valence-corrected chi connectivity index (χ1v) is 9.92. The average molecular weight is 439 g/mol. The monoisotopic (exact) mass is 438 g/mol. The molecule has 1 fully saturated rings. The Hall–Kier alpha value is -4.02. The van der Waals surface area contributed by atoms with Gasteiger partial charge in [-0.15, -0.1) is 10.2 Å². The zero-order valence-electron chi connectivity index (χ0n) is 22.3. The second-order valence-corrected chi connectivity index (χ2v) is 7.59. The summed E-state index contributed by atoms with van der Waals surface area (Å²) in [6.07, 6.45) is 1.55. The molecule has 0 spiro atoms. The molecule has 2 amide bonds. The molecule has 164 valence electrons. The number of hydrogen-bond donors (Lipinski definition) is 3. The molecule has 11 nitrogen and oxygen atoms in total. The van der Waals surface area contributed by atoms with Crippen LogP contribution >= 0.6 is 0 Å².